The van der Waals surface area contributed by atoms with Crippen molar-refractivity contribution in [3.8, 4) is 0 Å². The Bertz CT molecular complexity index is 463. The molecule has 1 unspecified atom stereocenters. The third-order valence-corrected chi connectivity index (χ3v) is 3.97. The van der Waals surface area contributed by atoms with Crippen LogP contribution in [0.4, 0.5) is 4.39 Å². The molecule has 0 aliphatic carbocycles. The van der Waals surface area contributed by atoms with Crippen molar-refractivity contribution in [1.29, 1.82) is 0 Å². The highest BCUT2D eigenvalue weighted by Gasteiger charge is 2.17. The second-order valence-corrected chi connectivity index (χ2v) is 6.35. The highest BCUT2D eigenvalue weighted by molar-refractivity contribution is 9.10. The van der Waals surface area contributed by atoms with E-state index in [0.717, 1.165) is 6.42 Å². The van der Waals surface area contributed by atoms with E-state index in [1.165, 1.54) is 12.1 Å². The van der Waals surface area contributed by atoms with Crippen molar-refractivity contribution < 1.29 is 9.18 Å². The molecule has 0 spiro atoms. The molecule has 0 saturated carbocycles. The molecule has 1 aromatic rings. The number of halogens is 2. The quantitative estimate of drug-likeness (QED) is 0.858. The predicted molar refractivity (Wildman–Crippen MR) is 83.4 cm³/mol. The van der Waals surface area contributed by atoms with Gasteiger partial charge >= 0.3 is 0 Å². The van der Waals surface area contributed by atoms with Crippen LogP contribution in [-0.2, 0) is 0 Å². The summed E-state index contributed by atoms with van der Waals surface area (Å²) >= 11 is 3.11. The average Bonchev–Trinajstić information content (AvgIpc) is 2.36. The van der Waals surface area contributed by atoms with Crippen molar-refractivity contribution in [2.45, 2.75) is 26.3 Å². The molecule has 1 N–H and O–H groups in total. The Morgan fingerprint density at radius 1 is 1.40 bits per heavy atom. The number of carbonyl (C=O) groups excluding carboxylic acids is 1. The van der Waals surface area contributed by atoms with Gasteiger partial charge < -0.3 is 10.2 Å². The maximum atomic E-state index is 13.4. The second kappa shape index (κ2) is 7.74. The molecule has 1 rings (SSSR count). The zero-order valence-electron chi connectivity index (χ0n) is 12.4. The smallest absolute Gasteiger partial charge is 0.252 e. The van der Waals surface area contributed by atoms with E-state index in [9.17, 15) is 9.18 Å². The molecule has 20 heavy (non-hydrogen) atoms. The zero-order valence-corrected chi connectivity index (χ0v) is 14.0. The summed E-state index contributed by atoms with van der Waals surface area (Å²) in [6.07, 6.45) is 0.998. The molecular formula is C15H22BrFN2O. The number of nitrogens with one attached hydrogen (secondary N) is 1. The molecular weight excluding hydrogens is 323 g/mol. The Kier molecular flexibility index (Phi) is 6.62. The van der Waals surface area contributed by atoms with Crippen molar-refractivity contribution in [3.63, 3.8) is 0 Å². The summed E-state index contributed by atoms with van der Waals surface area (Å²) in [7, 11) is 3.99. The summed E-state index contributed by atoms with van der Waals surface area (Å²) in [6.45, 7) is 4.86. The summed E-state index contributed by atoms with van der Waals surface area (Å²) < 4.78 is 13.6. The minimum absolute atomic E-state index is 0.211. The number of likely N-dealkylation sites (N-methyl/N-ethyl adjacent to an activating group) is 1. The maximum Gasteiger partial charge on any atom is 0.252 e. The van der Waals surface area contributed by atoms with E-state index in [-0.39, 0.29) is 16.4 Å². The van der Waals surface area contributed by atoms with Crippen LogP contribution in [0, 0.1) is 11.7 Å². The monoisotopic (exact) mass is 344 g/mol. The summed E-state index contributed by atoms with van der Waals surface area (Å²) in [5.41, 5.74) is 0.326. The topological polar surface area (TPSA) is 32.3 Å². The molecule has 1 aromatic carbocycles. The van der Waals surface area contributed by atoms with Crippen LogP contribution in [0.1, 0.15) is 30.6 Å². The van der Waals surface area contributed by atoms with E-state index in [2.05, 4.69) is 40.0 Å². The lowest BCUT2D eigenvalue weighted by Gasteiger charge is -2.26. The first kappa shape index (κ1) is 17.1. The van der Waals surface area contributed by atoms with Gasteiger partial charge in [-0.3, -0.25) is 4.79 Å². The molecule has 0 saturated heterocycles. The van der Waals surface area contributed by atoms with Crippen LogP contribution in [0.15, 0.2) is 22.7 Å². The third-order valence-electron chi connectivity index (χ3n) is 3.17. The molecule has 0 aromatic heterocycles. The Balaban J connectivity index is 2.68. The molecule has 0 bridgehead atoms. The van der Waals surface area contributed by atoms with E-state index in [1.807, 2.05) is 14.1 Å². The lowest BCUT2D eigenvalue weighted by atomic mass is 10.0. The van der Waals surface area contributed by atoms with Crippen LogP contribution in [-0.4, -0.2) is 37.5 Å². The van der Waals surface area contributed by atoms with Gasteiger partial charge in [0, 0.05) is 12.6 Å². The molecule has 0 aliphatic rings. The van der Waals surface area contributed by atoms with E-state index in [0.29, 0.717) is 18.0 Å². The average molecular weight is 345 g/mol. The van der Waals surface area contributed by atoms with Gasteiger partial charge in [-0.1, -0.05) is 19.9 Å². The minimum Gasteiger partial charge on any atom is -0.350 e. The van der Waals surface area contributed by atoms with Crippen molar-refractivity contribution in [3.05, 3.63) is 34.1 Å². The van der Waals surface area contributed by atoms with E-state index >= 15 is 0 Å². The molecule has 5 heteroatoms. The number of carbonyl (C=O) groups is 1. The van der Waals surface area contributed by atoms with Gasteiger partial charge in [0.25, 0.3) is 5.91 Å². The summed E-state index contributed by atoms with van der Waals surface area (Å²) in [5.74, 6) is -0.129. The number of hydrogen-bond acceptors (Lipinski definition) is 2. The first-order valence-corrected chi connectivity index (χ1v) is 7.50. The lowest BCUT2D eigenvalue weighted by Crippen LogP contribution is -2.41. The lowest BCUT2D eigenvalue weighted by molar-refractivity contribution is 0.0937. The van der Waals surface area contributed by atoms with Gasteiger partial charge in [0.2, 0.25) is 0 Å². The van der Waals surface area contributed by atoms with Crippen molar-refractivity contribution in [2.24, 2.45) is 5.92 Å². The zero-order chi connectivity index (χ0) is 15.3. The van der Waals surface area contributed by atoms with Crippen LogP contribution < -0.4 is 5.32 Å². The van der Waals surface area contributed by atoms with E-state index in [4.69, 9.17) is 0 Å². The van der Waals surface area contributed by atoms with E-state index < -0.39 is 5.82 Å². The van der Waals surface area contributed by atoms with Gasteiger partial charge in [0.05, 0.1) is 10.0 Å². The highest BCUT2D eigenvalue weighted by Crippen LogP contribution is 2.20. The molecule has 1 amide bonds. The summed E-state index contributed by atoms with van der Waals surface area (Å²) in [4.78, 5) is 14.2. The van der Waals surface area contributed by atoms with Crippen molar-refractivity contribution in [1.82, 2.24) is 10.2 Å². The normalized spacial score (nSPS) is 12.8. The fourth-order valence-electron chi connectivity index (χ4n) is 2.01. The van der Waals surface area contributed by atoms with Gasteiger partial charge in [0.15, 0.2) is 0 Å². The number of nitrogens with zero attached hydrogens (tertiary/aromatic N) is 1. The Morgan fingerprint density at radius 2 is 2.05 bits per heavy atom. The summed E-state index contributed by atoms with van der Waals surface area (Å²) in [5, 5.41) is 2.88. The molecule has 0 radical (unpaired) electrons. The Labute approximate surface area is 128 Å². The van der Waals surface area contributed by atoms with Crippen LogP contribution in [0.2, 0.25) is 0 Å². The van der Waals surface area contributed by atoms with Crippen LogP contribution in [0.25, 0.3) is 0 Å². The Hall–Kier alpha value is -0.940. The molecule has 3 nitrogen and oxygen atoms in total. The van der Waals surface area contributed by atoms with Gasteiger partial charge in [-0.05, 0) is 54.5 Å². The fraction of sp³-hybridized carbons (Fsp3) is 0.533. The number of rotatable bonds is 6. The highest BCUT2D eigenvalue weighted by atomic mass is 79.9. The number of amides is 1. The minimum atomic E-state index is -0.427. The van der Waals surface area contributed by atoms with Crippen molar-refractivity contribution >= 4 is 21.8 Å². The van der Waals surface area contributed by atoms with Gasteiger partial charge in [-0.25, -0.2) is 4.39 Å². The maximum absolute atomic E-state index is 13.4. The summed E-state index contributed by atoms with van der Waals surface area (Å²) in [6, 6.07) is 4.73. The molecule has 0 aliphatic heterocycles. The Morgan fingerprint density at radius 3 is 2.60 bits per heavy atom. The fourth-order valence-corrected chi connectivity index (χ4v) is 2.45. The molecule has 0 heterocycles. The van der Waals surface area contributed by atoms with Gasteiger partial charge in [-0.2, -0.15) is 0 Å². The van der Waals surface area contributed by atoms with E-state index in [1.54, 1.807) is 6.07 Å². The molecule has 112 valence electrons. The van der Waals surface area contributed by atoms with Crippen LogP contribution >= 0.6 is 15.9 Å². The first-order valence-electron chi connectivity index (χ1n) is 6.71. The SMILES string of the molecule is CC(C)CC(CNC(=O)c1cccc(F)c1Br)N(C)C. The standard InChI is InChI=1S/C15H22BrFN2O/c1-10(2)8-11(19(3)4)9-18-15(20)12-6-5-7-13(17)14(12)16/h5-7,10-11H,8-9H2,1-4H3,(H,18,20). The number of benzene rings is 1. The van der Waals surface area contributed by atoms with Crippen LogP contribution in [0.3, 0.4) is 0 Å². The predicted octanol–water partition coefficient (Wildman–Crippen LogP) is 3.29. The van der Waals surface area contributed by atoms with Gasteiger partial charge in [0.1, 0.15) is 5.82 Å². The molecule has 1 atom stereocenters. The van der Waals surface area contributed by atoms with Crippen LogP contribution in [0.5, 0.6) is 0 Å². The second-order valence-electron chi connectivity index (χ2n) is 5.56. The van der Waals surface area contributed by atoms with Gasteiger partial charge in [-0.15, -0.1) is 0 Å². The van der Waals surface area contributed by atoms with Crippen molar-refractivity contribution in [2.75, 3.05) is 20.6 Å². The number of hydrogen-bond donors (Lipinski definition) is 1. The molecule has 0 fully saturated rings. The first-order chi connectivity index (χ1) is 9.32. The third kappa shape index (κ3) is 4.87. The largest absolute Gasteiger partial charge is 0.350 e.